The van der Waals surface area contributed by atoms with Crippen molar-refractivity contribution in [2.24, 2.45) is 0 Å². The summed E-state index contributed by atoms with van der Waals surface area (Å²) in [6.07, 6.45) is 0. The molecule has 0 radical (unpaired) electrons. The molecule has 0 saturated carbocycles. The molecule has 2 N–H and O–H groups in total. The van der Waals surface area contributed by atoms with Crippen LogP contribution in [0.5, 0.6) is 0 Å². The van der Waals surface area contributed by atoms with E-state index >= 15 is 0 Å². The summed E-state index contributed by atoms with van der Waals surface area (Å²) in [7, 11) is 3.28. The van der Waals surface area contributed by atoms with E-state index in [0.29, 0.717) is 6.54 Å². The Balaban J connectivity index is 3.14. The quantitative estimate of drug-likeness (QED) is 0.595. The summed E-state index contributed by atoms with van der Waals surface area (Å²) in [4.78, 5) is 32.2. The van der Waals surface area contributed by atoms with Crippen molar-refractivity contribution >= 4 is 23.4 Å². The van der Waals surface area contributed by atoms with Gasteiger partial charge in [0.25, 0.3) is 0 Å². The highest BCUT2D eigenvalue weighted by molar-refractivity contribution is 5.84. The van der Waals surface area contributed by atoms with Gasteiger partial charge >= 0.3 is 5.69 Å². The predicted molar refractivity (Wildman–Crippen MR) is 79.4 cm³/mol. The zero-order chi connectivity index (χ0) is 16.2. The van der Waals surface area contributed by atoms with Gasteiger partial charge in [0.1, 0.15) is 11.7 Å². The lowest BCUT2D eigenvalue weighted by molar-refractivity contribution is -0.385. The van der Waals surface area contributed by atoms with Gasteiger partial charge in [-0.1, -0.05) is 0 Å². The summed E-state index contributed by atoms with van der Waals surface area (Å²) < 4.78 is 0. The van der Waals surface area contributed by atoms with Crippen molar-refractivity contribution in [3.05, 3.63) is 15.8 Å². The monoisotopic (exact) mass is 296 g/mol. The summed E-state index contributed by atoms with van der Waals surface area (Å²) in [6.45, 7) is 5.56. The van der Waals surface area contributed by atoms with Crippen LogP contribution in [-0.2, 0) is 4.79 Å². The van der Waals surface area contributed by atoms with Gasteiger partial charge in [0.05, 0.1) is 4.92 Å². The Labute approximate surface area is 122 Å². The maximum absolute atomic E-state index is 12.0. The molecule has 0 aliphatic carbocycles. The SMILES string of the molecule is CCN(C)C(=O)C(C)Nc1nc(NC)nc(C)c1[N+](=O)[O-]. The fourth-order valence-corrected chi connectivity index (χ4v) is 1.75. The third kappa shape index (κ3) is 3.77. The Kier molecular flexibility index (Phi) is 5.39. The number of hydrogen-bond acceptors (Lipinski definition) is 7. The van der Waals surface area contributed by atoms with Crippen LogP contribution >= 0.6 is 0 Å². The highest BCUT2D eigenvalue weighted by atomic mass is 16.6. The molecule has 1 aromatic heterocycles. The van der Waals surface area contributed by atoms with E-state index in [0.717, 1.165) is 0 Å². The Hall–Kier alpha value is -2.45. The van der Waals surface area contributed by atoms with E-state index in [-0.39, 0.29) is 29.1 Å². The summed E-state index contributed by atoms with van der Waals surface area (Å²) in [5.41, 5.74) is -0.00172. The van der Waals surface area contributed by atoms with Crippen molar-refractivity contribution in [3.63, 3.8) is 0 Å². The Morgan fingerprint density at radius 3 is 2.57 bits per heavy atom. The van der Waals surface area contributed by atoms with Crippen LogP contribution in [0.4, 0.5) is 17.5 Å². The Bertz CT molecular complexity index is 548. The van der Waals surface area contributed by atoms with Crippen LogP contribution in [0, 0.1) is 17.0 Å². The lowest BCUT2D eigenvalue weighted by Gasteiger charge is -2.21. The molecule has 1 rings (SSSR count). The Morgan fingerprint density at radius 1 is 1.48 bits per heavy atom. The van der Waals surface area contributed by atoms with Gasteiger partial charge in [-0.25, -0.2) is 4.98 Å². The normalized spacial score (nSPS) is 11.7. The fraction of sp³-hybridized carbons (Fsp3) is 0.583. The molecular weight excluding hydrogens is 276 g/mol. The van der Waals surface area contributed by atoms with Crippen molar-refractivity contribution < 1.29 is 9.72 Å². The Morgan fingerprint density at radius 2 is 2.10 bits per heavy atom. The van der Waals surface area contributed by atoms with Crippen LogP contribution < -0.4 is 10.6 Å². The van der Waals surface area contributed by atoms with E-state index in [2.05, 4.69) is 20.6 Å². The number of aryl methyl sites for hydroxylation is 1. The van der Waals surface area contributed by atoms with Gasteiger partial charge in [-0.15, -0.1) is 0 Å². The van der Waals surface area contributed by atoms with Gasteiger partial charge in [-0.3, -0.25) is 14.9 Å². The maximum atomic E-state index is 12.0. The van der Waals surface area contributed by atoms with Gasteiger partial charge < -0.3 is 15.5 Å². The molecule has 0 saturated heterocycles. The third-order valence-corrected chi connectivity index (χ3v) is 3.04. The molecule has 0 spiro atoms. The minimum atomic E-state index is -0.632. The van der Waals surface area contributed by atoms with E-state index in [1.54, 1.807) is 21.0 Å². The van der Waals surface area contributed by atoms with Crippen LogP contribution in [0.25, 0.3) is 0 Å². The molecule has 9 nitrogen and oxygen atoms in total. The van der Waals surface area contributed by atoms with Crippen molar-refractivity contribution in [1.29, 1.82) is 0 Å². The number of hydrogen-bond donors (Lipinski definition) is 2. The molecule has 0 fully saturated rings. The van der Waals surface area contributed by atoms with Crippen LogP contribution in [0.15, 0.2) is 0 Å². The number of nitrogens with one attached hydrogen (secondary N) is 2. The van der Waals surface area contributed by atoms with Crippen LogP contribution in [0.1, 0.15) is 19.5 Å². The van der Waals surface area contributed by atoms with Crippen LogP contribution in [0.3, 0.4) is 0 Å². The first-order valence-corrected chi connectivity index (χ1v) is 6.54. The van der Waals surface area contributed by atoms with E-state index in [1.807, 2.05) is 6.92 Å². The van der Waals surface area contributed by atoms with Crippen molar-refractivity contribution in [2.75, 3.05) is 31.3 Å². The van der Waals surface area contributed by atoms with Gasteiger partial charge in [-0.2, -0.15) is 4.98 Å². The average molecular weight is 296 g/mol. The molecule has 0 aliphatic heterocycles. The number of amides is 1. The second-order valence-electron chi connectivity index (χ2n) is 4.56. The number of carbonyl (C=O) groups is 1. The van der Waals surface area contributed by atoms with Crippen molar-refractivity contribution in [3.8, 4) is 0 Å². The number of nitrogens with zero attached hydrogens (tertiary/aromatic N) is 4. The zero-order valence-corrected chi connectivity index (χ0v) is 12.8. The van der Waals surface area contributed by atoms with E-state index in [1.165, 1.54) is 11.8 Å². The zero-order valence-electron chi connectivity index (χ0n) is 12.8. The topological polar surface area (TPSA) is 113 Å². The van der Waals surface area contributed by atoms with Gasteiger partial charge in [0.15, 0.2) is 0 Å². The predicted octanol–water partition coefficient (Wildman–Crippen LogP) is 1.01. The second kappa shape index (κ2) is 6.82. The van der Waals surface area contributed by atoms with E-state index < -0.39 is 11.0 Å². The third-order valence-electron chi connectivity index (χ3n) is 3.04. The minimum Gasteiger partial charge on any atom is -0.357 e. The summed E-state index contributed by atoms with van der Waals surface area (Å²) in [5, 5.41) is 16.7. The number of anilines is 2. The van der Waals surface area contributed by atoms with Gasteiger partial charge in [-0.05, 0) is 20.8 Å². The highest BCUT2D eigenvalue weighted by Gasteiger charge is 2.25. The molecule has 1 aromatic rings. The van der Waals surface area contributed by atoms with Gasteiger partial charge in [0, 0.05) is 20.6 Å². The molecule has 21 heavy (non-hydrogen) atoms. The van der Waals surface area contributed by atoms with Gasteiger partial charge in [0.2, 0.25) is 17.7 Å². The molecule has 116 valence electrons. The lowest BCUT2D eigenvalue weighted by atomic mass is 10.2. The lowest BCUT2D eigenvalue weighted by Crippen LogP contribution is -2.39. The van der Waals surface area contributed by atoms with Crippen LogP contribution in [-0.4, -0.2) is 52.4 Å². The van der Waals surface area contributed by atoms with Crippen molar-refractivity contribution in [1.82, 2.24) is 14.9 Å². The number of aromatic nitrogens is 2. The molecule has 0 bridgehead atoms. The minimum absolute atomic E-state index is 0.0298. The smallest absolute Gasteiger partial charge is 0.332 e. The van der Waals surface area contributed by atoms with Crippen LogP contribution in [0.2, 0.25) is 0 Å². The van der Waals surface area contributed by atoms with E-state index in [4.69, 9.17) is 0 Å². The highest BCUT2D eigenvalue weighted by Crippen LogP contribution is 2.27. The largest absolute Gasteiger partial charge is 0.357 e. The van der Waals surface area contributed by atoms with Crippen molar-refractivity contribution in [2.45, 2.75) is 26.8 Å². The molecule has 1 unspecified atom stereocenters. The molecule has 0 aliphatic rings. The molecule has 9 heteroatoms. The second-order valence-corrected chi connectivity index (χ2v) is 4.56. The first-order chi connectivity index (χ1) is 9.81. The molecule has 1 atom stereocenters. The molecule has 0 aromatic carbocycles. The summed E-state index contributed by atoms with van der Waals surface area (Å²) in [6, 6.07) is -0.632. The fourth-order valence-electron chi connectivity index (χ4n) is 1.75. The standard InChI is InChI=1S/C12H20N6O3/c1-6-17(5)11(19)8(3)14-10-9(18(20)21)7(2)15-12(13-4)16-10/h8H,6H2,1-5H3,(H2,13,14,15,16). The maximum Gasteiger partial charge on any atom is 0.332 e. The molecule has 1 heterocycles. The number of carbonyl (C=O) groups excluding carboxylic acids is 1. The number of nitro groups is 1. The molecular formula is C12H20N6O3. The summed E-state index contributed by atoms with van der Waals surface area (Å²) >= 11 is 0. The first-order valence-electron chi connectivity index (χ1n) is 6.54. The van der Waals surface area contributed by atoms with E-state index in [9.17, 15) is 14.9 Å². The average Bonchev–Trinajstić information content (AvgIpc) is 2.44. The number of rotatable bonds is 6. The number of likely N-dealkylation sites (N-methyl/N-ethyl adjacent to an activating group) is 1. The first kappa shape index (κ1) is 16.6. The molecule has 1 amide bonds. The summed E-state index contributed by atoms with van der Waals surface area (Å²) in [5.74, 6) is 0.111.